The molecule has 3 atom stereocenters. The lowest BCUT2D eigenvalue weighted by molar-refractivity contribution is -0.150. The zero-order valence-corrected chi connectivity index (χ0v) is 15.9. The number of hydrogen-bond acceptors (Lipinski definition) is 2. The van der Waals surface area contributed by atoms with Crippen LogP contribution < -0.4 is 0 Å². The van der Waals surface area contributed by atoms with Gasteiger partial charge in [0.05, 0.1) is 11.6 Å². The van der Waals surface area contributed by atoms with Gasteiger partial charge in [-0.25, -0.2) is 4.39 Å². The molecule has 2 aromatic carbocycles. The molecule has 0 spiro atoms. The summed E-state index contributed by atoms with van der Waals surface area (Å²) in [6.07, 6.45) is 7.75. The summed E-state index contributed by atoms with van der Waals surface area (Å²) in [6, 6.07) is 15.9. The molecule has 146 valence electrons. The van der Waals surface area contributed by atoms with Crippen LogP contribution in [-0.2, 0) is 4.79 Å². The first-order chi connectivity index (χ1) is 13.6. The van der Waals surface area contributed by atoms with E-state index in [0.29, 0.717) is 13.0 Å². The van der Waals surface area contributed by atoms with E-state index in [2.05, 4.69) is 0 Å². The topological polar surface area (TPSA) is 40.5 Å². The Morgan fingerprint density at radius 3 is 2.57 bits per heavy atom. The van der Waals surface area contributed by atoms with Crippen molar-refractivity contribution in [3.8, 4) is 0 Å². The predicted octanol–water partition coefficient (Wildman–Crippen LogP) is 4.73. The molecule has 1 aliphatic carbocycles. The number of piperidine rings is 1. The fraction of sp³-hybridized carbons (Fsp3) is 0.375. The number of benzene rings is 2. The SMILES string of the molecule is O=C(/C=C/c1ccccc1)N1CC[C@@]2(O)CCCC[C@@H]2[C@@H]1c1ccc(F)cc1. The van der Waals surface area contributed by atoms with Gasteiger partial charge in [-0.3, -0.25) is 4.79 Å². The Kier molecular flexibility index (Phi) is 5.31. The summed E-state index contributed by atoms with van der Waals surface area (Å²) in [5, 5.41) is 11.3. The van der Waals surface area contributed by atoms with Gasteiger partial charge in [0.25, 0.3) is 0 Å². The summed E-state index contributed by atoms with van der Waals surface area (Å²) in [6.45, 7) is 0.507. The molecule has 1 amide bonds. The third kappa shape index (κ3) is 3.74. The molecule has 4 rings (SSSR count). The van der Waals surface area contributed by atoms with Crippen LogP contribution in [0, 0.1) is 11.7 Å². The van der Waals surface area contributed by atoms with Gasteiger partial charge in [0.1, 0.15) is 5.82 Å². The van der Waals surface area contributed by atoms with Gasteiger partial charge in [0.2, 0.25) is 5.91 Å². The number of carbonyl (C=O) groups is 1. The summed E-state index contributed by atoms with van der Waals surface area (Å²) in [4.78, 5) is 14.9. The second kappa shape index (κ2) is 7.88. The van der Waals surface area contributed by atoms with E-state index in [1.54, 1.807) is 18.2 Å². The van der Waals surface area contributed by atoms with Gasteiger partial charge < -0.3 is 10.0 Å². The maximum atomic E-state index is 13.5. The summed E-state index contributed by atoms with van der Waals surface area (Å²) in [5.74, 6) is -0.374. The summed E-state index contributed by atoms with van der Waals surface area (Å²) >= 11 is 0. The van der Waals surface area contributed by atoms with Gasteiger partial charge in [-0.05, 0) is 48.6 Å². The largest absolute Gasteiger partial charge is 0.389 e. The fourth-order valence-electron chi connectivity index (χ4n) is 4.83. The standard InChI is InChI=1S/C24H26FNO2/c25-20-12-10-19(11-13-20)23-21-8-4-5-15-24(21,28)16-17-26(23)22(27)14-9-18-6-2-1-3-7-18/h1-3,6-7,9-14,21,23,28H,4-5,8,15-17H2/b14-9+/t21-,23+,24+/m1/s1. The molecule has 2 fully saturated rings. The summed E-state index contributed by atoms with van der Waals surface area (Å²) < 4.78 is 13.5. The molecule has 3 nitrogen and oxygen atoms in total. The Bertz CT molecular complexity index is 849. The minimum absolute atomic E-state index is 0.0189. The number of rotatable bonds is 3. The summed E-state index contributed by atoms with van der Waals surface area (Å²) in [5.41, 5.74) is 1.13. The molecule has 1 saturated carbocycles. The maximum Gasteiger partial charge on any atom is 0.247 e. The summed E-state index contributed by atoms with van der Waals surface area (Å²) in [7, 11) is 0. The van der Waals surface area contributed by atoms with Gasteiger partial charge in [0.15, 0.2) is 0 Å². The molecule has 2 aliphatic rings. The Morgan fingerprint density at radius 2 is 1.82 bits per heavy atom. The predicted molar refractivity (Wildman–Crippen MR) is 108 cm³/mol. The first-order valence-electron chi connectivity index (χ1n) is 10.1. The molecule has 1 saturated heterocycles. The first-order valence-corrected chi connectivity index (χ1v) is 10.1. The van der Waals surface area contributed by atoms with Gasteiger partial charge in [-0.15, -0.1) is 0 Å². The zero-order valence-electron chi connectivity index (χ0n) is 15.9. The van der Waals surface area contributed by atoms with Gasteiger partial charge in [0, 0.05) is 18.5 Å². The van der Waals surface area contributed by atoms with Gasteiger partial charge >= 0.3 is 0 Å². The number of hydrogen-bond donors (Lipinski definition) is 1. The molecule has 1 N–H and O–H groups in total. The third-order valence-electron chi connectivity index (χ3n) is 6.28. The van der Waals surface area contributed by atoms with Crippen LogP contribution >= 0.6 is 0 Å². The second-order valence-corrected chi connectivity index (χ2v) is 7.98. The van der Waals surface area contributed by atoms with Crippen LogP contribution in [0.3, 0.4) is 0 Å². The number of aliphatic hydroxyl groups is 1. The van der Waals surface area contributed by atoms with Crippen molar-refractivity contribution in [1.82, 2.24) is 4.90 Å². The molecule has 1 aliphatic heterocycles. The van der Waals surface area contributed by atoms with Crippen LogP contribution in [0.5, 0.6) is 0 Å². The van der Waals surface area contributed by atoms with E-state index >= 15 is 0 Å². The van der Waals surface area contributed by atoms with Crippen molar-refractivity contribution in [3.63, 3.8) is 0 Å². The molecule has 0 bridgehead atoms. The van der Waals surface area contributed by atoms with E-state index in [4.69, 9.17) is 0 Å². The van der Waals surface area contributed by atoms with Crippen molar-refractivity contribution in [2.45, 2.75) is 43.7 Å². The molecule has 1 heterocycles. The highest BCUT2D eigenvalue weighted by molar-refractivity contribution is 5.92. The number of nitrogens with zero attached hydrogens (tertiary/aromatic N) is 1. The van der Waals surface area contributed by atoms with Crippen molar-refractivity contribution >= 4 is 12.0 Å². The minimum atomic E-state index is -0.739. The average molecular weight is 379 g/mol. The van der Waals surface area contributed by atoms with Crippen LogP contribution in [0.15, 0.2) is 60.7 Å². The van der Waals surface area contributed by atoms with Crippen molar-refractivity contribution in [2.24, 2.45) is 5.92 Å². The van der Waals surface area contributed by atoms with Crippen molar-refractivity contribution in [1.29, 1.82) is 0 Å². The van der Waals surface area contributed by atoms with E-state index in [9.17, 15) is 14.3 Å². The minimum Gasteiger partial charge on any atom is -0.389 e. The van der Waals surface area contributed by atoms with E-state index in [-0.39, 0.29) is 23.7 Å². The van der Waals surface area contributed by atoms with Crippen LogP contribution in [0.4, 0.5) is 4.39 Å². The molecular formula is C24H26FNO2. The normalized spacial score (nSPS) is 27.6. The number of halogens is 1. The first kappa shape index (κ1) is 18.9. The fourth-order valence-corrected chi connectivity index (χ4v) is 4.83. The van der Waals surface area contributed by atoms with Gasteiger partial charge in [-0.2, -0.15) is 0 Å². The molecule has 0 radical (unpaired) electrons. The molecule has 2 aromatic rings. The second-order valence-electron chi connectivity index (χ2n) is 7.98. The van der Waals surface area contributed by atoms with Crippen molar-refractivity contribution in [2.75, 3.05) is 6.54 Å². The van der Waals surface area contributed by atoms with E-state index in [0.717, 1.165) is 36.8 Å². The zero-order chi connectivity index (χ0) is 19.6. The number of fused-ring (bicyclic) bond motifs is 1. The number of amides is 1. The highest BCUT2D eigenvalue weighted by atomic mass is 19.1. The number of carbonyl (C=O) groups excluding carboxylic acids is 1. The molecule has 28 heavy (non-hydrogen) atoms. The number of likely N-dealkylation sites (tertiary alicyclic amines) is 1. The average Bonchev–Trinajstić information content (AvgIpc) is 2.72. The quantitative estimate of drug-likeness (QED) is 0.783. The lowest BCUT2D eigenvalue weighted by Crippen LogP contribution is -2.56. The van der Waals surface area contributed by atoms with Crippen LogP contribution in [0.1, 0.15) is 49.3 Å². The maximum absolute atomic E-state index is 13.5. The Morgan fingerprint density at radius 1 is 1.07 bits per heavy atom. The van der Waals surface area contributed by atoms with E-state index < -0.39 is 5.60 Å². The van der Waals surface area contributed by atoms with Crippen LogP contribution in [-0.4, -0.2) is 28.1 Å². The smallest absolute Gasteiger partial charge is 0.247 e. The Hall–Kier alpha value is -2.46. The lowest BCUT2D eigenvalue weighted by Gasteiger charge is -2.52. The van der Waals surface area contributed by atoms with Crippen molar-refractivity contribution < 1.29 is 14.3 Å². The highest BCUT2D eigenvalue weighted by Crippen LogP contribution is 2.49. The third-order valence-corrected chi connectivity index (χ3v) is 6.28. The monoisotopic (exact) mass is 379 g/mol. The Labute approximate surface area is 165 Å². The lowest BCUT2D eigenvalue weighted by atomic mass is 9.66. The van der Waals surface area contributed by atoms with Crippen LogP contribution in [0.25, 0.3) is 6.08 Å². The molecule has 0 unspecified atom stereocenters. The molecule has 4 heteroatoms. The van der Waals surface area contributed by atoms with E-state index in [1.165, 1.54) is 12.1 Å². The molecular weight excluding hydrogens is 353 g/mol. The van der Waals surface area contributed by atoms with E-state index in [1.807, 2.05) is 41.3 Å². The van der Waals surface area contributed by atoms with Crippen LogP contribution in [0.2, 0.25) is 0 Å². The Balaban J connectivity index is 1.65. The van der Waals surface area contributed by atoms with Crippen molar-refractivity contribution in [3.05, 3.63) is 77.6 Å². The molecule has 0 aromatic heterocycles. The highest BCUT2D eigenvalue weighted by Gasteiger charge is 2.49. The van der Waals surface area contributed by atoms with Gasteiger partial charge in [-0.1, -0.05) is 55.3 Å².